The molecular weight excluding hydrogens is 354 g/mol. The van der Waals surface area contributed by atoms with Crippen LogP contribution in [0.15, 0.2) is 12.2 Å². The van der Waals surface area contributed by atoms with Gasteiger partial charge in [0.1, 0.15) is 0 Å². The molecule has 2 aliphatic heterocycles. The van der Waals surface area contributed by atoms with E-state index in [0.29, 0.717) is 24.0 Å². The number of fused-ring (bicyclic) bond motifs is 2. The second-order valence-corrected chi connectivity index (χ2v) is 9.15. The number of carbonyl (C=O) groups excluding carboxylic acids is 1. The highest BCUT2D eigenvalue weighted by molar-refractivity contribution is 5.80. The van der Waals surface area contributed by atoms with Gasteiger partial charge in [0.15, 0.2) is 0 Å². The molecule has 0 unspecified atom stereocenters. The standard InChI is InChI=1S/C23H41NO4/c1-4-5-6-10-16-27-17-14-19-18(20-12-13-21(19)28-20)11-8-7-9-15-23(2,3)22(25)24-26/h7-8,18-21,26H,4-6,9-17H2,1-3H3,(H,24,25)/t18-,19+,20-,21+/m0/s1. The van der Waals surface area contributed by atoms with E-state index in [1.165, 1.54) is 38.5 Å². The maximum Gasteiger partial charge on any atom is 0.248 e. The van der Waals surface area contributed by atoms with Crippen molar-refractivity contribution < 1.29 is 19.5 Å². The van der Waals surface area contributed by atoms with Crippen LogP contribution in [0.2, 0.25) is 0 Å². The summed E-state index contributed by atoms with van der Waals surface area (Å²) in [4.78, 5) is 11.6. The van der Waals surface area contributed by atoms with Gasteiger partial charge in [-0.3, -0.25) is 10.0 Å². The molecule has 2 saturated heterocycles. The van der Waals surface area contributed by atoms with Crippen LogP contribution in [0, 0.1) is 17.3 Å². The number of amides is 1. The molecular formula is C23H41NO4. The number of allylic oxidation sites excluding steroid dienone is 2. The van der Waals surface area contributed by atoms with Crippen LogP contribution in [0.25, 0.3) is 0 Å². The summed E-state index contributed by atoms with van der Waals surface area (Å²) in [5.41, 5.74) is 1.21. The summed E-state index contributed by atoms with van der Waals surface area (Å²) in [6, 6.07) is 0. The number of hydrogen-bond donors (Lipinski definition) is 2. The Morgan fingerprint density at radius 3 is 2.61 bits per heavy atom. The quantitative estimate of drug-likeness (QED) is 0.187. The van der Waals surface area contributed by atoms with Gasteiger partial charge in [0.05, 0.1) is 12.2 Å². The minimum Gasteiger partial charge on any atom is -0.381 e. The van der Waals surface area contributed by atoms with E-state index in [4.69, 9.17) is 14.7 Å². The lowest BCUT2D eigenvalue weighted by Gasteiger charge is -2.27. The lowest BCUT2D eigenvalue weighted by molar-refractivity contribution is -0.138. The first kappa shape index (κ1) is 23.4. The molecule has 5 heteroatoms. The fourth-order valence-corrected chi connectivity index (χ4v) is 4.63. The topological polar surface area (TPSA) is 67.8 Å². The number of ether oxygens (including phenoxy) is 2. The van der Waals surface area contributed by atoms with Gasteiger partial charge in [-0.1, -0.05) is 52.2 Å². The van der Waals surface area contributed by atoms with E-state index in [-0.39, 0.29) is 5.91 Å². The molecule has 2 aliphatic rings. The maximum absolute atomic E-state index is 11.6. The van der Waals surface area contributed by atoms with Crippen LogP contribution in [0.4, 0.5) is 0 Å². The predicted octanol–water partition coefficient (Wildman–Crippen LogP) is 5.03. The predicted molar refractivity (Wildman–Crippen MR) is 111 cm³/mol. The van der Waals surface area contributed by atoms with Gasteiger partial charge in [-0.25, -0.2) is 5.48 Å². The smallest absolute Gasteiger partial charge is 0.248 e. The highest BCUT2D eigenvalue weighted by atomic mass is 16.5. The Kier molecular flexibility index (Phi) is 9.96. The first-order chi connectivity index (χ1) is 13.5. The lowest BCUT2D eigenvalue weighted by atomic mass is 9.76. The minimum atomic E-state index is -0.550. The van der Waals surface area contributed by atoms with Crippen molar-refractivity contribution in [2.24, 2.45) is 17.3 Å². The Morgan fingerprint density at radius 2 is 1.89 bits per heavy atom. The Hall–Kier alpha value is -0.910. The van der Waals surface area contributed by atoms with Gasteiger partial charge in [0, 0.05) is 18.6 Å². The largest absolute Gasteiger partial charge is 0.381 e. The molecule has 5 nitrogen and oxygen atoms in total. The van der Waals surface area contributed by atoms with Crippen LogP contribution >= 0.6 is 0 Å². The van der Waals surface area contributed by atoms with Crippen LogP contribution < -0.4 is 5.48 Å². The maximum atomic E-state index is 11.6. The van der Waals surface area contributed by atoms with Crippen molar-refractivity contribution in [3.8, 4) is 0 Å². The summed E-state index contributed by atoms with van der Waals surface area (Å²) in [7, 11) is 0. The first-order valence-corrected chi connectivity index (χ1v) is 11.3. The van der Waals surface area contributed by atoms with Gasteiger partial charge in [0.25, 0.3) is 0 Å². The third-order valence-corrected chi connectivity index (χ3v) is 6.56. The molecule has 0 radical (unpaired) electrons. The number of rotatable bonds is 14. The summed E-state index contributed by atoms with van der Waals surface area (Å²) in [5, 5.41) is 8.81. The molecule has 162 valence electrons. The first-order valence-electron chi connectivity index (χ1n) is 11.3. The van der Waals surface area contributed by atoms with Gasteiger partial charge in [-0.05, 0) is 56.8 Å². The number of hydrogen-bond acceptors (Lipinski definition) is 4. The average molecular weight is 396 g/mol. The van der Waals surface area contributed by atoms with E-state index in [2.05, 4.69) is 19.1 Å². The van der Waals surface area contributed by atoms with Crippen LogP contribution in [-0.2, 0) is 14.3 Å². The molecule has 2 N–H and O–H groups in total. The Labute approximate surface area is 171 Å². The summed E-state index contributed by atoms with van der Waals surface area (Å²) in [6.07, 6.45) is 16.4. The number of carbonyl (C=O) groups is 1. The molecule has 2 bridgehead atoms. The van der Waals surface area contributed by atoms with Crippen molar-refractivity contribution in [2.45, 2.75) is 97.2 Å². The number of nitrogens with one attached hydrogen (secondary N) is 1. The van der Waals surface area contributed by atoms with Gasteiger partial charge < -0.3 is 9.47 Å². The zero-order valence-corrected chi connectivity index (χ0v) is 18.1. The van der Waals surface area contributed by atoms with Crippen molar-refractivity contribution in [2.75, 3.05) is 13.2 Å². The van der Waals surface area contributed by atoms with Crippen LogP contribution in [0.1, 0.15) is 85.0 Å². The van der Waals surface area contributed by atoms with Gasteiger partial charge >= 0.3 is 0 Å². The molecule has 0 aromatic carbocycles. The van der Waals surface area contributed by atoms with Crippen LogP contribution in [0.5, 0.6) is 0 Å². The summed E-state index contributed by atoms with van der Waals surface area (Å²) >= 11 is 0. The van der Waals surface area contributed by atoms with Crippen molar-refractivity contribution in [1.29, 1.82) is 0 Å². The molecule has 0 aromatic rings. The molecule has 1 amide bonds. The van der Waals surface area contributed by atoms with Crippen molar-refractivity contribution in [3.63, 3.8) is 0 Å². The molecule has 4 atom stereocenters. The Morgan fingerprint density at radius 1 is 1.14 bits per heavy atom. The van der Waals surface area contributed by atoms with E-state index in [0.717, 1.165) is 38.9 Å². The normalized spacial score (nSPS) is 27.0. The number of hydroxylamine groups is 1. The molecule has 28 heavy (non-hydrogen) atoms. The van der Waals surface area contributed by atoms with Crippen molar-refractivity contribution >= 4 is 5.91 Å². The molecule has 2 rings (SSSR count). The second kappa shape index (κ2) is 11.9. The molecule has 2 heterocycles. The van der Waals surface area contributed by atoms with Crippen LogP contribution in [0.3, 0.4) is 0 Å². The van der Waals surface area contributed by atoms with E-state index >= 15 is 0 Å². The van der Waals surface area contributed by atoms with Gasteiger partial charge in [-0.15, -0.1) is 0 Å². The van der Waals surface area contributed by atoms with Gasteiger partial charge in [0.2, 0.25) is 5.91 Å². The minimum absolute atomic E-state index is 0.322. The second-order valence-electron chi connectivity index (χ2n) is 9.15. The van der Waals surface area contributed by atoms with E-state index in [1.54, 1.807) is 5.48 Å². The fraction of sp³-hybridized carbons (Fsp3) is 0.870. The van der Waals surface area contributed by atoms with E-state index < -0.39 is 5.41 Å². The third kappa shape index (κ3) is 6.85. The highest BCUT2D eigenvalue weighted by Crippen LogP contribution is 2.46. The fourth-order valence-electron chi connectivity index (χ4n) is 4.63. The SMILES string of the molecule is CCCCCCOCC[C@@H]1[C@H](CC=CCCC(C)(C)C(=O)NO)[C@@H]2CC[C@H]1O2. The van der Waals surface area contributed by atoms with Gasteiger partial charge in [-0.2, -0.15) is 0 Å². The van der Waals surface area contributed by atoms with Crippen molar-refractivity contribution in [1.82, 2.24) is 5.48 Å². The Balaban J connectivity index is 1.68. The van der Waals surface area contributed by atoms with Crippen molar-refractivity contribution in [3.05, 3.63) is 12.2 Å². The van der Waals surface area contributed by atoms with E-state index in [9.17, 15) is 4.79 Å². The summed E-state index contributed by atoms with van der Waals surface area (Å²) in [6.45, 7) is 7.69. The molecule has 0 aromatic heterocycles. The third-order valence-electron chi connectivity index (χ3n) is 6.56. The lowest BCUT2D eigenvalue weighted by Crippen LogP contribution is -2.34. The zero-order valence-electron chi connectivity index (χ0n) is 18.1. The molecule has 0 saturated carbocycles. The van der Waals surface area contributed by atoms with E-state index in [1.807, 2.05) is 13.8 Å². The molecule has 0 spiro atoms. The summed E-state index contributed by atoms with van der Waals surface area (Å²) in [5.74, 6) is 0.903. The zero-order chi connectivity index (χ0) is 20.4. The summed E-state index contributed by atoms with van der Waals surface area (Å²) < 4.78 is 12.1. The molecule has 0 aliphatic carbocycles. The molecule has 2 fully saturated rings. The van der Waals surface area contributed by atoms with Crippen LogP contribution in [-0.4, -0.2) is 36.5 Å². The monoisotopic (exact) mass is 395 g/mol. The average Bonchev–Trinajstić information content (AvgIpc) is 3.28. The Bertz CT molecular complexity index is 491. The number of unbranched alkanes of at least 4 members (excludes halogenated alkanes) is 3. The highest BCUT2D eigenvalue weighted by Gasteiger charge is 2.47.